The van der Waals surface area contributed by atoms with E-state index in [1.807, 2.05) is 0 Å². The number of amides is 1. The summed E-state index contributed by atoms with van der Waals surface area (Å²) in [4.78, 5) is 15.4. The number of carbonyl (C=O) groups is 1. The molecule has 120 valence electrons. The first-order chi connectivity index (χ1) is 9.59. The first kappa shape index (κ1) is 17.8. The molecule has 0 aliphatic heterocycles. The molecule has 0 aromatic carbocycles. The van der Waals surface area contributed by atoms with E-state index < -0.39 is 30.7 Å². The minimum Gasteiger partial charge on any atom is -0.444 e. The second-order valence-electron chi connectivity index (χ2n) is 5.73. The van der Waals surface area contributed by atoms with Crippen LogP contribution in [0, 0.1) is 0 Å². The Balaban J connectivity index is 2.35. The number of aromatic nitrogens is 1. The molecule has 2 N–H and O–H groups in total. The van der Waals surface area contributed by atoms with E-state index in [0.29, 0.717) is 0 Å². The predicted octanol–water partition coefficient (Wildman–Crippen LogP) is 2.95. The van der Waals surface area contributed by atoms with Crippen molar-refractivity contribution in [2.24, 2.45) is 0 Å². The maximum atomic E-state index is 13.7. The van der Waals surface area contributed by atoms with E-state index in [1.165, 1.54) is 11.3 Å². The van der Waals surface area contributed by atoms with E-state index in [4.69, 9.17) is 4.74 Å². The van der Waals surface area contributed by atoms with Crippen molar-refractivity contribution >= 4 is 17.4 Å². The van der Waals surface area contributed by atoms with Gasteiger partial charge in [0.2, 0.25) is 0 Å². The molecule has 1 aromatic rings. The minimum atomic E-state index is -3.07. The third-order valence-corrected chi connectivity index (χ3v) is 3.06. The Kier molecular flexibility index (Phi) is 6.03. The Hall–Kier alpha value is -1.28. The molecule has 0 aliphatic carbocycles. The van der Waals surface area contributed by atoms with Gasteiger partial charge in [0.1, 0.15) is 5.60 Å². The number of ether oxygens (including phenoxy) is 1. The number of hydrogen-bond acceptors (Lipinski definition) is 5. The van der Waals surface area contributed by atoms with Crippen LogP contribution >= 0.6 is 11.3 Å². The van der Waals surface area contributed by atoms with Crippen molar-refractivity contribution in [1.82, 2.24) is 15.6 Å². The van der Waals surface area contributed by atoms with Crippen LogP contribution in [0.3, 0.4) is 0 Å². The van der Waals surface area contributed by atoms with E-state index in [1.54, 1.807) is 38.6 Å². The van der Waals surface area contributed by atoms with Crippen molar-refractivity contribution in [3.63, 3.8) is 0 Å². The van der Waals surface area contributed by atoms with Gasteiger partial charge < -0.3 is 15.4 Å². The highest BCUT2D eigenvalue weighted by Gasteiger charge is 2.31. The third-order valence-electron chi connectivity index (χ3n) is 2.45. The van der Waals surface area contributed by atoms with Gasteiger partial charge in [-0.1, -0.05) is 0 Å². The molecule has 1 rings (SSSR count). The van der Waals surface area contributed by atoms with Crippen LogP contribution in [0.4, 0.5) is 13.6 Å². The van der Waals surface area contributed by atoms with E-state index in [2.05, 4.69) is 15.6 Å². The van der Waals surface area contributed by atoms with Crippen LogP contribution in [-0.4, -0.2) is 35.7 Å². The first-order valence-electron chi connectivity index (χ1n) is 6.55. The summed E-state index contributed by atoms with van der Waals surface area (Å²) in [6.45, 7) is 5.43. The standard InChI is InChI=1S/C13H21F2N3O2S/c1-9(10-5-21-8-18-10)16-6-13(14,15)7-17-11(19)20-12(2,3)4/h5,8-9,16H,6-7H2,1-4H3,(H,17,19). The smallest absolute Gasteiger partial charge is 0.407 e. The molecule has 1 aromatic heterocycles. The fourth-order valence-electron chi connectivity index (χ4n) is 1.42. The number of halogens is 2. The summed E-state index contributed by atoms with van der Waals surface area (Å²) >= 11 is 1.41. The van der Waals surface area contributed by atoms with Gasteiger partial charge in [-0.3, -0.25) is 0 Å². The SMILES string of the molecule is CC(NCC(F)(F)CNC(=O)OC(C)(C)C)c1cscn1. The molecular weight excluding hydrogens is 300 g/mol. The van der Waals surface area contributed by atoms with Crippen LogP contribution in [0.15, 0.2) is 10.9 Å². The van der Waals surface area contributed by atoms with Gasteiger partial charge in [0, 0.05) is 11.4 Å². The highest BCUT2D eigenvalue weighted by Crippen LogP contribution is 2.16. The second-order valence-corrected chi connectivity index (χ2v) is 6.45. The maximum Gasteiger partial charge on any atom is 0.407 e. The number of thiazole rings is 1. The topological polar surface area (TPSA) is 63.2 Å². The molecule has 0 fully saturated rings. The average molecular weight is 321 g/mol. The molecule has 0 radical (unpaired) electrons. The van der Waals surface area contributed by atoms with Crippen molar-refractivity contribution in [3.05, 3.63) is 16.6 Å². The zero-order valence-electron chi connectivity index (χ0n) is 12.6. The monoisotopic (exact) mass is 321 g/mol. The van der Waals surface area contributed by atoms with Crippen molar-refractivity contribution in [2.45, 2.75) is 45.3 Å². The number of hydrogen-bond donors (Lipinski definition) is 2. The molecule has 0 spiro atoms. The lowest BCUT2D eigenvalue weighted by Gasteiger charge is -2.23. The van der Waals surface area contributed by atoms with Crippen LogP contribution in [0.1, 0.15) is 39.4 Å². The molecule has 1 atom stereocenters. The van der Waals surface area contributed by atoms with Gasteiger partial charge in [-0.2, -0.15) is 0 Å². The number of nitrogens with one attached hydrogen (secondary N) is 2. The van der Waals surface area contributed by atoms with Gasteiger partial charge in [-0.05, 0) is 27.7 Å². The van der Waals surface area contributed by atoms with Crippen LogP contribution in [-0.2, 0) is 4.74 Å². The molecule has 0 saturated heterocycles. The molecule has 0 saturated carbocycles. The molecule has 1 amide bonds. The fraction of sp³-hybridized carbons (Fsp3) is 0.692. The van der Waals surface area contributed by atoms with Gasteiger partial charge in [-0.25, -0.2) is 18.6 Å². The number of carbonyl (C=O) groups excluding carboxylic acids is 1. The van der Waals surface area contributed by atoms with E-state index >= 15 is 0 Å². The average Bonchev–Trinajstić information content (AvgIpc) is 2.85. The van der Waals surface area contributed by atoms with Crippen LogP contribution in [0.5, 0.6) is 0 Å². The first-order valence-corrected chi connectivity index (χ1v) is 7.49. The lowest BCUT2D eigenvalue weighted by Crippen LogP contribution is -2.45. The van der Waals surface area contributed by atoms with Crippen LogP contribution in [0.25, 0.3) is 0 Å². The summed E-state index contributed by atoms with van der Waals surface area (Å²) in [7, 11) is 0. The van der Waals surface area contributed by atoms with Gasteiger partial charge in [0.05, 0.1) is 24.3 Å². The minimum absolute atomic E-state index is 0.274. The van der Waals surface area contributed by atoms with Gasteiger partial charge >= 0.3 is 6.09 Å². The van der Waals surface area contributed by atoms with Crippen LogP contribution < -0.4 is 10.6 Å². The number of alkyl halides is 2. The number of rotatable bonds is 6. The highest BCUT2D eigenvalue weighted by molar-refractivity contribution is 7.07. The largest absolute Gasteiger partial charge is 0.444 e. The van der Waals surface area contributed by atoms with Crippen molar-refractivity contribution < 1.29 is 18.3 Å². The summed E-state index contributed by atoms with van der Waals surface area (Å²) in [5, 5.41) is 6.57. The molecular formula is C13H21F2N3O2S. The molecule has 21 heavy (non-hydrogen) atoms. The fourth-order valence-corrected chi connectivity index (χ4v) is 2.07. The molecule has 0 aliphatic rings. The Morgan fingerprint density at radius 1 is 1.43 bits per heavy atom. The van der Waals surface area contributed by atoms with E-state index in [9.17, 15) is 13.6 Å². The van der Waals surface area contributed by atoms with Gasteiger partial charge in [-0.15, -0.1) is 11.3 Å². The highest BCUT2D eigenvalue weighted by atomic mass is 32.1. The molecule has 0 bridgehead atoms. The molecule has 1 unspecified atom stereocenters. The summed E-state index contributed by atoms with van der Waals surface area (Å²) < 4.78 is 32.2. The maximum absolute atomic E-state index is 13.7. The summed E-state index contributed by atoms with van der Waals surface area (Å²) in [5.41, 5.74) is 1.66. The Morgan fingerprint density at radius 2 is 2.10 bits per heavy atom. The lowest BCUT2D eigenvalue weighted by atomic mass is 10.2. The Bertz CT molecular complexity index is 447. The summed E-state index contributed by atoms with van der Waals surface area (Å²) in [5.74, 6) is -3.07. The molecule has 5 nitrogen and oxygen atoms in total. The van der Waals surface area contributed by atoms with Gasteiger partial charge in [0.15, 0.2) is 0 Å². The van der Waals surface area contributed by atoms with E-state index in [-0.39, 0.29) is 6.04 Å². The van der Waals surface area contributed by atoms with Crippen molar-refractivity contribution in [3.8, 4) is 0 Å². The quantitative estimate of drug-likeness (QED) is 0.845. The number of nitrogens with zero attached hydrogens (tertiary/aromatic N) is 1. The summed E-state index contributed by atoms with van der Waals surface area (Å²) in [6.07, 6.45) is -0.852. The summed E-state index contributed by atoms with van der Waals surface area (Å²) in [6, 6.07) is -0.274. The zero-order chi connectivity index (χ0) is 16.1. The van der Waals surface area contributed by atoms with Gasteiger partial charge in [0.25, 0.3) is 5.92 Å². The second kappa shape index (κ2) is 7.13. The number of alkyl carbamates (subject to hydrolysis) is 1. The Labute approximate surface area is 127 Å². The predicted molar refractivity (Wildman–Crippen MR) is 77.7 cm³/mol. The van der Waals surface area contributed by atoms with Crippen LogP contribution in [0.2, 0.25) is 0 Å². The van der Waals surface area contributed by atoms with Crippen molar-refractivity contribution in [1.29, 1.82) is 0 Å². The Morgan fingerprint density at radius 3 is 2.62 bits per heavy atom. The lowest BCUT2D eigenvalue weighted by molar-refractivity contribution is -0.00531. The zero-order valence-corrected chi connectivity index (χ0v) is 13.4. The molecule has 1 heterocycles. The van der Waals surface area contributed by atoms with E-state index in [0.717, 1.165) is 5.69 Å². The third kappa shape index (κ3) is 7.33. The molecule has 8 heteroatoms. The normalized spacial score (nSPS) is 13.8. The van der Waals surface area contributed by atoms with Crippen molar-refractivity contribution in [2.75, 3.05) is 13.1 Å².